The normalized spacial score (nSPS) is 16.5. The number of thioether (sulfide) groups is 1. The molecule has 0 unspecified atom stereocenters. The van der Waals surface area contributed by atoms with Crippen molar-refractivity contribution in [3.05, 3.63) is 0 Å². The Morgan fingerprint density at radius 2 is 0.469 bits per heavy atom. The number of hydrogen-bond acceptors (Lipinski definition) is 3. The number of alkyl halides is 37. The van der Waals surface area contributed by atoms with Crippen molar-refractivity contribution in [2.75, 3.05) is 11.5 Å². The Kier molecular flexibility index (Phi) is 16.8. The van der Waals surface area contributed by atoms with Crippen LogP contribution in [0.5, 0.6) is 0 Å². The quantitative estimate of drug-likeness (QED) is 0.0620. The van der Waals surface area contributed by atoms with Gasteiger partial charge in [0.2, 0.25) is 0 Å². The van der Waals surface area contributed by atoms with E-state index in [4.69, 9.17) is 0 Å². The van der Waals surface area contributed by atoms with Gasteiger partial charge in [0.15, 0.2) is 0 Å². The third-order valence-corrected chi connectivity index (χ3v) is 8.73. The molecule has 0 heterocycles. The maximum Gasteiger partial charge on any atom is 1.00 e. The Labute approximate surface area is 340 Å². The molecule has 0 rings (SSSR count). The minimum atomic E-state index is -10.4. The number of rotatable bonds is 22. The van der Waals surface area contributed by atoms with E-state index in [-0.39, 0.29) is 30.6 Å². The van der Waals surface area contributed by atoms with E-state index in [2.05, 4.69) is 0 Å². The van der Waals surface area contributed by atoms with Crippen molar-refractivity contribution in [3.8, 4) is 0 Å². The van der Waals surface area contributed by atoms with Crippen LogP contribution in [0.25, 0.3) is 0 Å². The average molecular weight is 1060 g/mol. The van der Waals surface area contributed by atoms with Crippen LogP contribution in [0.2, 0.25) is 0 Å². The SMILES string of the molecule is O=C([O-])CCSCCC(F)(F)C(F)(F)C(F)(F)C(F)(F)C(F)(F)C(F)(F)C(F)(F)C(F)(F)C(F)(F)C(F)(F)C(F)(F)C(F)(F)C(F)(F)C(F)(F)C(F)(F)C(F)(F)C(F)(F)C(F)(F)F.[Li+]. The summed E-state index contributed by atoms with van der Waals surface area (Å²) < 4.78 is 506. The maximum atomic E-state index is 14.0. The van der Waals surface area contributed by atoms with Crippen molar-refractivity contribution in [2.24, 2.45) is 0 Å². The second-order valence-electron chi connectivity index (χ2n) is 11.9. The van der Waals surface area contributed by atoms with Gasteiger partial charge >= 0.3 is 126 Å². The zero-order chi connectivity index (χ0) is 52.1. The van der Waals surface area contributed by atoms with Crippen LogP contribution in [-0.4, -0.2) is 124 Å². The molecule has 0 N–H and O–H groups in total. The topological polar surface area (TPSA) is 40.1 Å². The molecule has 0 aromatic heterocycles. The fourth-order valence-electron chi connectivity index (χ4n) is 3.78. The molecule has 41 heteroatoms. The van der Waals surface area contributed by atoms with Gasteiger partial charge < -0.3 is 9.90 Å². The van der Waals surface area contributed by atoms with Crippen molar-refractivity contribution >= 4 is 17.7 Å². The molecule has 0 atom stereocenters. The molecule has 0 aromatic rings. The molecule has 0 spiro atoms. The molecule has 0 aromatic carbocycles. The maximum absolute atomic E-state index is 14.0. The van der Waals surface area contributed by atoms with Gasteiger partial charge in [-0.15, -0.1) is 0 Å². The second kappa shape index (κ2) is 16.8. The van der Waals surface area contributed by atoms with Crippen molar-refractivity contribution < 1.29 is 191 Å². The first-order valence-corrected chi connectivity index (χ1v) is 15.1. The first-order chi connectivity index (χ1) is 26.7. The van der Waals surface area contributed by atoms with Crippen LogP contribution in [-0.2, 0) is 4.79 Å². The van der Waals surface area contributed by atoms with Gasteiger partial charge in [0.1, 0.15) is 0 Å². The smallest absolute Gasteiger partial charge is 0.550 e. The molecule has 0 aliphatic carbocycles. The molecule has 2 nitrogen and oxygen atoms in total. The number of aliphatic carboxylic acids is 1. The van der Waals surface area contributed by atoms with Crippen LogP contribution >= 0.6 is 11.8 Å². The van der Waals surface area contributed by atoms with E-state index >= 15 is 0 Å². The van der Waals surface area contributed by atoms with E-state index in [0.29, 0.717) is 0 Å². The van der Waals surface area contributed by atoms with E-state index < -0.39 is 137 Å². The minimum Gasteiger partial charge on any atom is -0.550 e. The number of carboxylic acid groups (broad SMARTS) is 1. The molecule has 0 fully saturated rings. The molecule has 0 radical (unpaired) electrons. The summed E-state index contributed by atoms with van der Waals surface area (Å²) in [4.78, 5) is 10.1. The van der Waals surface area contributed by atoms with Gasteiger partial charge in [-0.05, 0) is 17.9 Å². The van der Waals surface area contributed by atoms with Gasteiger partial charge in [0, 0.05) is 12.4 Å². The van der Waals surface area contributed by atoms with E-state index in [0.717, 1.165) is 0 Å². The monoisotopic (exact) mass is 1060 g/mol. The van der Waals surface area contributed by atoms with Gasteiger partial charge in [0.05, 0.1) is 0 Å². The zero-order valence-electron chi connectivity index (χ0n) is 28.5. The largest absolute Gasteiger partial charge is 1.00 e. The first kappa shape index (κ1) is 63.9. The Balaban J connectivity index is 0. The van der Waals surface area contributed by atoms with E-state index in [1.165, 1.54) is 0 Å². The van der Waals surface area contributed by atoms with Crippen molar-refractivity contribution in [1.29, 1.82) is 0 Å². The van der Waals surface area contributed by atoms with Crippen LogP contribution in [0.4, 0.5) is 162 Å². The Morgan fingerprint density at radius 1 is 0.297 bits per heavy atom. The van der Waals surface area contributed by atoms with Crippen LogP contribution in [0.3, 0.4) is 0 Å². The van der Waals surface area contributed by atoms with Crippen LogP contribution in [0.1, 0.15) is 12.8 Å². The predicted molar refractivity (Wildman–Crippen MR) is 122 cm³/mol. The predicted octanol–water partition coefficient (Wildman–Crippen LogP) is 8.62. The summed E-state index contributed by atoms with van der Waals surface area (Å²) in [6.45, 7) is 0. The molecule has 378 valence electrons. The standard InChI is InChI=1S/C23H9F37O2S.Li/c24-6(25,2-4-63-3-1-5(61)62)7(26,27)8(28,29)9(30,31)10(32,33)11(34,35)12(36,37)13(38,39)14(40,41)15(42,43)16(44,45)17(46,47)18(48,49)19(50,51)20(52,53)21(54,55)22(56,57)23(58,59)60;/h1-4H2,(H,61,62);/q;+1/p-1. The van der Waals surface area contributed by atoms with Gasteiger partial charge in [-0.1, -0.05) is 0 Å². The Bertz CT molecular complexity index is 1640. The van der Waals surface area contributed by atoms with Gasteiger partial charge in [-0.3, -0.25) is 0 Å². The van der Waals surface area contributed by atoms with Crippen molar-refractivity contribution in [2.45, 2.75) is 120 Å². The summed E-state index contributed by atoms with van der Waals surface area (Å²) in [5.74, 6) is -171. The number of carboxylic acids is 1. The van der Waals surface area contributed by atoms with E-state index in [9.17, 15) is 172 Å². The number of carbonyl (C=O) groups excluding carboxylic acids is 1. The summed E-state index contributed by atoms with van der Waals surface area (Å²) in [5.41, 5.74) is 0. The molecule has 0 saturated heterocycles. The summed E-state index contributed by atoms with van der Waals surface area (Å²) in [6, 6.07) is 0. The Morgan fingerprint density at radius 3 is 0.641 bits per heavy atom. The van der Waals surface area contributed by atoms with Gasteiger partial charge in [-0.25, -0.2) is 0 Å². The van der Waals surface area contributed by atoms with Crippen molar-refractivity contribution in [3.63, 3.8) is 0 Å². The fraction of sp³-hybridized carbons (Fsp3) is 0.957. The molecule has 64 heavy (non-hydrogen) atoms. The molecular formula is C23H8F37LiO2S. The third kappa shape index (κ3) is 8.11. The number of carbonyl (C=O) groups is 1. The average Bonchev–Trinajstić information content (AvgIpc) is 3.05. The number of hydrogen-bond donors (Lipinski definition) is 0. The number of halogens is 37. The molecule has 0 amide bonds. The first-order valence-electron chi connectivity index (χ1n) is 13.9. The summed E-state index contributed by atoms with van der Waals surface area (Å²) >= 11 is -0.385. The molecule has 0 bridgehead atoms. The second-order valence-corrected chi connectivity index (χ2v) is 13.1. The Hall–Kier alpha value is -2.17. The molecular weight excluding hydrogens is 1050 g/mol. The summed E-state index contributed by atoms with van der Waals surface area (Å²) in [6.07, 6.45) is -12.9. The van der Waals surface area contributed by atoms with Gasteiger partial charge in [-0.2, -0.15) is 174 Å². The van der Waals surface area contributed by atoms with Crippen molar-refractivity contribution in [1.82, 2.24) is 0 Å². The molecule has 0 aliphatic heterocycles. The fourth-order valence-corrected chi connectivity index (χ4v) is 4.70. The molecule has 0 saturated carbocycles. The van der Waals surface area contributed by atoms with Crippen LogP contribution < -0.4 is 24.0 Å². The molecule has 0 aliphatic rings. The van der Waals surface area contributed by atoms with Gasteiger partial charge in [0.25, 0.3) is 0 Å². The summed E-state index contributed by atoms with van der Waals surface area (Å²) in [5, 5.41) is 10.1. The third-order valence-electron chi connectivity index (χ3n) is 7.74. The van der Waals surface area contributed by atoms with Crippen LogP contribution in [0, 0.1) is 0 Å². The van der Waals surface area contributed by atoms with E-state index in [1.807, 2.05) is 0 Å². The minimum absolute atomic E-state index is 0. The van der Waals surface area contributed by atoms with Crippen LogP contribution in [0.15, 0.2) is 0 Å². The summed E-state index contributed by atoms with van der Waals surface area (Å²) in [7, 11) is 0. The zero-order valence-corrected chi connectivity index (χ0v) is 29.4. The van der Waals surface area contributed by atoms with E-state index in [1.54, 1.807) is 0 Å².